The molecule has 21 heavy (non-hydrogen) atoms. The van der Waals surface area contributed by atoms with Crippen LogP contribution in [0.15, 0.2) is 54.6 Å². The predicted molar refractivity (Wildman–Crippen MR) is 82.5 cm³/mol. The number of carbonyl (C=O) groups excluding carboxylic acids is 1. The summed E-state index contributed by atoms with van der Waals surface area (Å²) < 4.78 is 5.60. The molecule has 0 aromatic heterocycles. The van der Waals surface area contributed by atoms with Gasteiger partial charge in [0, 0.05) is 6.54 Å². The largest absolute Gasteiger partial charge is 0.490 e. The highest BCUT2D eigenvalue weighted by Gasteiger charge is 2.29. The third kappa shape index (κ3) is 2.62. The molecule has 0 bridgehead atoms. The highest BCUT2D eigenvalue weighted by Crippen LogP contribution is 2.33. The number of fused-ring (bicyclic) bond motifs is 1. The van der Waals surface area contributed by atoms with Gasteiger partial charge in [0.1, 0.15) is 12.4 Å². The highest BCUT2D eigenvalue weighted by atomic mass is 16.5. The summed E-state index contributed by atoms with van der Waals surface area (Å²) >= 11 is 0. The van der Waals surface area contributed by atoms with Gasteiger partial charge in [0.05, 0.1) is 18.2 Å². The van der Waals surface area contributed by atoms with Crippen molar-refractivity contribution in [3.8, 4) is 5.75 Å². The molecule has 1 amide bonds. The molecule has 2 aromatic carbocycles. The number of benzene rings is 2. The average Bonchev–Trinajstić information content (AvgIpc) is 2.56. The Kier molecular flexibility index (Phi) is 3.88. The number of rotatable bonds is 3. The number of nitrogens with two attached hydrogens (primary N) is 1. The molecule has 1 heterocycles. The second kappa shape index (κ2) is 5.97. The topological polar surface area (TPSA) is 55.6 Å². The standard InChI is InChI=1S/C17H18N2O2/c18-12-14(13-6-2-1-3-7-13)17(20)19-10-11-21-16-9-5-4-8-15(16)19/h1-9,14H,10-12,18H2. The summed E-state index contributed by atoms with van der Waals surface area (Å²) in [6.45, 7) is 1.36. The number of amides is 1. The lowest BCUT2D eigenvalue weighted by atomic mass is 9.97. The third-order valence-electron chi connectivity index (χ3n) is 3.73. The second-order valence-corrected chi connectivity index (χ2v) is 5.01. The van der Waals surface area contributed by atoms with Crippen LogP contribution in [0, 0.1) is 0 Å². The lowest BCUT2D eigenvalue weighted by molar-refractivity contribution is -0.120. The van der Waals surface area contributed by atoms with Gasteiger partial charge in [-0.25, -0.2) is 0 Å². The van der Waals surface area contributed by atoms with Gasteiger partial charge in [-0.15, -0.1) is 0 Å². The Hall–Kier alpha value is -2.33. The van der Waals surface area contributed by atoms with Gasteiger partial charge in [0.25, 0.3) is 0 Å². The predicted octanol–water partition coefficient (Wildman–Crippen LogP) is 2.15. The van der Waals surface area contributed by atoms with E-state index in [-0.39, 0.29) is 11.8 Å². The molecule has 0 radical (unpaired) electrons. The molecule has 2 N–H and O–H groups in total. The Morgan fingerprint density at radius 3 is 2.62 bits per heavy atom. The van der Waals surface area contributed by atoms with Gasteiger partial charge in [-0.1, -0.05) is 42.5 Å². The number of anilines is 1. The first-order valence-corrected chi connectivity index (χ1v) is 7.09. The summed E-state index contributed by atoms with van der Waals surface area (Å²) in [6.07, 6.45) is 0. The number of nitrogens with zero attached hydrogens (tertiary/aromatic N) is 1. The molecule has 1 aliphatic heterocycles. The van der Waals surface area contributed by atoms with Gasteiger partial charge >= 0.3 is 0 Å². The first-order valence-electron chi connectivity index (χ1n) is 7.09. The minimum Gasteiger partial charge on any atom is -0.490 e. The Bertz CT molecular complexity index is 628. The number of ether oxygens (including phenoxy) is 1. The maximum atomic E-state index is 12.9. The summed E-state index contributed by atoms with van der Waals surface area (Å²) in [7, 11) is 0. The first kappa shape index (κ1) is 13.6. The van der Waals surface area contributed by atoms with Crippen molar-refractivity contribution in [2.24, 2.45) is 5.73 Å². The van der Waals surface area contributed by atoms with Crippen molar-refractivity contribution in [3.05, 3.63) is 60.2 Å². The summed E-state index contributed by atoms with van der Waals surface area (Å²) in [5.74, 6) is 0.456. The summed E-state index contributed by atoms with van der Waals surface area (Å²) in [5, 5.41) is 0. The van der Waals surface area contributed by atoms with E-state index in [0.29, 0.717) is 19.7 Å². The molecule has 0 aliphatic carbocycles. The number of para-hydroxylation sites is 2. The van der Waals surface area contributed by atoms with Gasteiger partial charge in [-0.2, -0.15) is 0 Å². The Balaban J connectivity index is 1.92. The molecular formula is C17H18N2O2. The van der Waals surface area contributed by atoms with Crippen LogP contribution >= 0.6 is 0 Å². The van der Waals surface area contributed by atoms with Crippen molar-refractivity contribution in [1.29, 1.82) is 0 Å². The third-order valence-corrected chi connectivity index (χ3v) is 3.73. The van der Waals surface area contributed by atoms with Crippen molar-refractivity contribution in [3.63, 3.8) is 0 Å². The molecule has 2 aromatic rings. The van der Waals surface area contributed by atoms with E-state index in [9.17, 15) is 4.79 Å². The Morgan fingerprint density at radius 2 is 1.86 bits per heavy atom. The van der Waals surface area contributed by atoms with E-state index in [4.69, 9.17) is 10.5 Å². The molecule has 4 heteroatoms. The molecule has 3 rings (SSSR count). The van der Waals surface area contributed by atoms with Crippen LogP contribution in [-0.2, 0) is 4.79 Å². The first-order chi connectivity index (χ1) is 10.3. The van der Waals surface area contributed by atoms with Crippen LogP contribution < -0.4 is 15.4 Å². The molecule has 108 valence electrons. The lowest BCUT2D eigenvalue weighted by Crippen LogP contribution is -2.42. The maximum absolute atomic E-state index is 12.9. The second-order valence-electron chi connectivity index (χ2n) is 5.01. The summed E-state index contributed by atoms with van der Waals surface area (Å²) in [6, 6.07) is 17.3. The molecule has 1 atom stereocenters. The van der Waals surface area contributed by atoms with E-state index in [0.717, 1.165) is 17.0 Å². The smallest absolute Gasteiger partial charge is 0.236 e. The van der Waals surface area contributed by atoms with Crippen LogP contribution in [0.5, 0.6) is 5.75 Å². The number of hydrogen-bond acceptors (Lipinski definition) is 3. The minimum absolute atomic E-state index is 0.0273. The SMILES string of the molecule is NCC(C(=O)N1CCOc2ccccc21)c1ccccc1. The van der Waals surface area contributed by atoms with Crippen molar-refractivity contribution in [2.75, 3.05) is 24.6 Å². The highest BCUT2D eigenvalue weighted by molar-refractivity contribution is 5.99. The van der Waals surface area contributed by atoms with E-state index in [1.165, 1.54) is 0 Å². The average molecular weight is 282 g/mol. The monoisotopic (exact) mass is 282 g/mol. The molecule has 1 aliphatic rings. The number of hydrogen-bond donors (Lipinski definition) is 1. The van der Waals surface area contributed by atoms with Crippen LogP contribution in [-0.4, -0.2) is 25.6 Å². The van der Waals surface area contributed by atoms with E-state index in [1.807, 2.05) is 54.6 Å². The molecular weight excluding hydrogens is 264 g/mol. The van der Waals surface area contributed by atoms with Crippen molar-refractivity contribution in [2.45, 2.75) is 5.92 Å². The van der Waals surface area contributed by atoms with Gasteiger partial charge in [0.15, 0.2) is 0 Å². The van der Waals surface area contributed by atoms with E-state index in [2.05, 4.69) is 0 Å². The fraction of sp³-hybridized carbons (Fsp3) is 0.235. The zero-order valence-corrected chi connectivity index (χ0v) is 11.7. The van der Waals surface area contributed by atoms with Crippen molar-refractivity contribution >= 4 is 11.6 Å². The fourth-order valence-electron chi connectivity index (χ4n) is 2.65. The maximum Gasteiger partial charge on any atom is 0.236 e. The lowest BCUT2D eigenvalue weighted by Gasteiger charge is -2.32. The van der Waals surface area contributed by atoms with E-state index in [1.54, 1.807) is 4.90 Å². The summed E-state index contributed by atoms with van der Waals surface area (Å²) in [4.78, 5) is 14.7. The van der Waals surface area contributed by atoms with E-state index >= 15 is 0 Å². The van der Waals surface area contributed by atoms with Crippen molar-refractivity contribution < 1.29 is 9.53 Å². The molecule has 4 nitrogen and oxygen atoms in total. The molecule has 0 fully saturated rings. The van der Waals surface area contributed by atoms with Gasteiger partial charge in [-0.3, -0.25) is 4.79 Å². The number of carbonyl (C=O) groups is 1. The van der Waals surface area contributed by atoms with Crippen LogP contribution in [0.1, 0.15) is 11.5 Å². The Labute approximate surface area is 124 Å². The zero-order chi connectivity index (χ0) is 14.7. The van der Waals surface area contributed by atoms with Crippen molar-refractivity contribution in [1.82, 2.24) is 0 Å². The van der Waals surface area contributed by atoms with Crippen LogP contribution in [0.25, 0.3) is 0 Å². The molecule has 0 spiro atoms. The van der Waals surface area contributed by atoms with Gasteiger partial charge in [-0.05, 0) is 17.7 Å². The molecule has 1 unspecified atom stereocenters. The van der Waals surface area contributed by atoms with Crippen LogP contribution in [0.4, 0.5) is 5.69 Å². The van der Waals surface area contributed by atoms with Crippen LogP contribution in [0.3, 0.4) is 0 Å². The fourth-order valence-corrected chi connectivity index (χ4v) is 2.65. The van der Waals surface area contributed by atoms with E-state index < -0.39 is 0 Å². The van der Waals surface area contributed by atoms with Gasteiger partial charge in [0.2, 0.25) is 5.91 Å². The minimum atomic E-state index is -0.322. The molecule has 0 saturated heterocycles. The zero-order valence-electron chi connectivity index (χ0n) is 11.7. The quantitative estimate of drug-likeness (QED) is 0.938. The Morgan fingerprint density at radius 1 is 1.14 bits per heavy atom. The van der Waals surface area contributed by atoms with Gasteiger partial charge < -0.3 is 15.4 Å². The summed E-state index contributed by atoms with van der Waals surface area (Å²) in [5.41, 5.74) is 7.63. The van der Waals surface area contributed by atoms with Crippen LogP contribution in [0.2, 0.25) is 0 Å². The molecule has 0 saturated carbocycles. The normalized spacial score (nSPS) is 15.0.